The van der Waals surface area contributed by atoms with Crippen LogP contribution in [0, 0.1) is 11.6 Å². The molecule has 0 bridgehead atoms. The van der Waals surface area contributed by atoms with Crippen LogP contribution in [0.3, 0.4) is 0 Å². The third kappa shape index (κ3) is 2.16. The largest absolute Gasteiger partial charge is 0.464 e. The highest BCUT2D eigenvalue weighted by Gasteiger charge is 2.18. The summed E-state index contributed by atoms with van der Waals surface area (Å²) in [6.07, 6.45) is 0. The molecule has 1 rings (SSSR count). The first-order chi connectivity index (χ1) is 7.51. The predicted octanol–water partition coefficient (Wildman–Crippen LogP) is 1.14. The van der Waals surface area contributed by atoms with Gasteiger partial charge in [-0.15, -0.1) is 0 Å². The summed E-state index contributed by atoms with van der Waals surface area (Å²) in [7, 11) is 2.48. The van der Waals surface area contributed by atoms with E-state index in [0.29, 0.717) is 0 Å². The Morgan fingerprint density at radius 1 is 1.38 bits per heavy atom. The van der Waals surface area contributed by atoms with Crippen molar-refractivity contribution in [3.63, 3.8) is 0 Å². The zero-order valence-electron chi connectivity index (χ0n) is 8.75. The molecule has 0 atom stereocenters. The lowest BCUT2D eigenvalue weighted by molar-refractivity contribution is -0.132. The van der Waals surface area contributed by atoms with Gasteiger partial charge in [0.15, 0.2) is 17.3 Å². The van der Waals surface area contributed by atoms with Crippen LogP contribution < -0.4 is 5.73 Å². The van der Waals surface area contributed by atoms with Crippen LogP contribution in [0.1, 0.15) is 5.56 Å². The smallest absolute Gasteiger partial charge is 0.356 e. The average molecular weight is 228 g/mol. The molecular formula is C10H10F2N2O2. The van der Waals surface area contributed by atoms with Gasteiger partial charge in [0.05, 0.1) is 7.11 Å². The van der Waals surface area contributed by atoms with E-state index >= 15 is 0 Å². The van der Waals surface area contributed by atoms with Crippen molar-refractivity contribution in [1.29, 1.82) is 0 Å². The Morgan fingerprint density at radius 2 is 1.94 bits per heavy atom. The number of carbonyl (C=O) groups excluding carboxylic acids is 1. The van der Waals surface area contributed by atoms with E-state index in [1.807, 2.05) is 0 Å². The fraction of sp³-hybridized carbons (Fsp3) is 0.200. The molecule has 0 amide bonds. The van der Waals surface area contributed by atoms with E-state index in [0.717, 1.165) is 19.2 Å². The van der Waals surface area contributed by atoms with Gasteiger partial charge in [-0.05, 0) is 6.07 Å². The van der Waals surface area contributed by atoms with Crippen molar-refractivity contribution >= 4 is 17.4 Å². The molecule has 0 spiro atoms. The summed E-state index contributed by atoms with van der Waals surface area (Å²) in [5.74, 6) is -2.95. The summed E-state index contributed by atoms with van der Waals surface area (Å²) in [4.78, 5) is 14.9. The van der Waals surface area contributed by atoms with Gasteiger partial charge in [0.2, 0.25) is 0 Å². The van der Waals surface area contributed by atoms with Crippen LogP contribution >= 0.6 is 0 Å². The number of carbonyl (C=O) groups is 1. The summed E-state index contributed by atoms with van der Waals surface area (Å²) in [6, 6.07) is 1.60. The molecule has 0 heterocycles. The maximum atomic E-state index is 13.0. The molecular weight excluding hydrogens is 218 g/mol. The number of anilines is 1. The van der Waals surface area contributed by atoms with E-state index in [4.69, 9.17) is 5.73 Å². The quantitative estimate of drug-likeness (QED) is 0.469. The Bertz CT molecular complexity index is 458. The molecule has 16 heavy (non-hydrogen) atoms. The van der Waals surface area contributed by atoms with Crippen molar-refractivity contribution in [2.75, 3.05) is 19.9 Å². The summed E-state index contributed by atoms with van der Waals surface area (Å²) in [5.41, 5.74) is 5.24. The minimum Gasteiger partial charge on any atom is -0.464 e. The SMILES string of the molecule is CN=C(C(=O)OC)c1cc(F)c(F)cc1N. The van der Waals surface area contributed by atoms with E-state index in [2.05, 4.69) is 9.73 Å². The zero-order valence-corrected chi connectivity index (χ0v) is 8.75. The van der Waals surface area contributed by atoms with E-state index in [-0.39, 0.29) is 17.0 Å². The fourth-order valence-corrected chi connectivity index (χ4v) is 1.19. The second kappa shape index (κ2) is 4.69. The molecule has 0 radical (unpaired) electrons. The first-order valence-electron chi connectivity index (χ1n) is 4.31. The van der Waals surface area contributed by atoms with Gasteiger partial charge in [-0.3, -0.25) is 4.99 Å². The first kappa shape index (κ1) is 12.1. The number of aliphatic imine (C=N–C) groups is 1. The average Bonchev–Trinajstić information content (AvgIpc) is 2.26. The molecule has 86 valence electrons. The highest BCUT2D eigenvalue weighted by molar-refractivity contribution is 6.44. The minimum absolute atomic E-state index is 0.00764. The number of nitrogens with two attached hydrogens (primary N) is 1. The Balaban J connectivity index is 3.32. The number of nitrogens with zero attached hydrogens (tertiary/aromatic N) is 1. The number of rotatable bonds is 2. The van der Waals surface area contributed by atoms with Gasteiger partial charge < -0.3 is 10.5 Å². The highest BCUT2D eigenvalue weighted by Crippen LogP contribution is 2.18. The lowest BCUT2D eigenvalue weighted by Crippen LogP contribution is -2.19. The minimum atomic E-state index is -1.10. The molecule has 0 aliphatic rings. The lowest BCUT2D eigenvalue weighted by atomic mass is 10.1. The molecule has 0 aliphatic carbocycles. The summed E-state index contributed by atoms with van der Waals surface area (Å²) in [5, 5.41) is 0. The molecule has 0 saturated carbocycles. The van der Waals surface area contributed by atoms with E-state index in [1.165, 1.54) is 7.05 Å². The van der Waals surface area contributed by atoms with Gasteiger partial charge in [0, 0.05) is 24.4 Å². The Labute approximate surface area is 90.7 Å². The maximum Gasteiger partial charge on any atom is 0.356 e. The van der Waals surface area contributed by atoms with Crippen LogP contribution in [0.5, 0.6) is 0 Å². The van der Waals surface area contributed by atoms with Gasteiger partial charge in [-0.2, -0.15) is 0 Å². The van der Waals surface area contributed by atoms with E-state index in [1.54, 1.807) is 0 Å². The normalized spacial score (nSPS) is 11.4. The summed E-state index contributed by atoms with van der Waals surface area (Å²) < 4.78 is 30.2. The predicted molar refractivity (Wildman–Crippen MR) is 55.2 cm³/mol. The monoisotopic (exact) mass is 228 g/mol. The van der Waals surface area contributed by atoms with Gasteiger partial charge >= 0.3 is 5.97 Å². The van der Waals surface area contributed by atoms with Crippen LogP contribution in [0.2, 0.25) is 0 Å². The molecule has 0 fully saturated rings. The molecule has 0 aliphatic heterocycles. The van der Waals surface area contributed by atoms with E-state index in [9.17, 15) is 13.6 Å². The molecule has 1 aromatic carbocycles. The Kier molecular flexibility index (Phi) is 3.55. The van der Waals surface area contributed by atoms with Crippen LogP contribution in [-0.2, 0) is 9.53 Å². The maximum absolute atomic E-state index is 13.0. The standard InChI is InChI=1S/C10H10F2N2O2/c1-14-9(10(15)16-2)5-3-6(11)7(12)4-8(5)13/h3-4H,13H2,1-2H3. The molecule has 0 aromatic heterocycles. The highest BCUT2D eigenvalue weighted by atomic mass is 19.2. The van der Waals surface area contributed by atoms with Crippen LogP contribution in [0.4, 0.5) is 14.5 Å². The molecule has 4 nitrogen and oxygen atoms in total. The van der Waals surface area contributed by atoms with Gasteiger partial charge in [-0.25, -0.2) is 13.6 Å². The third-order valence-corrected chi connectivity index (χ3v) is 1.95. The van der Waals surface area contributed by atoms with Crippen molar-refractivity contribution in [3.05, 3.63) is 29.3 Å². The molecule has 2 N–H and O–H groups in total. The second-order valence-electron chi connectivity index (χ2n) is 2.92. The number of methoxy groups -OCH3 is 1. The zero-order chi connectivity index (χ0) is 12.3. The van der Waals surface area contributed by atoms with Crippen molar-refractivity contribution in [2.24, 2.45) is 4.99 Å². The van der Waals surface area contributed by atoms with Crippen molar-refractivity contribution in [2.45, 2.75) is 0 Å². The van der Waals surface area contributed by atoms with Crippen molar-refractivity contribution < 1.29 is 18.3 Å². The number of halogens is 2. The first-order valence-corrected chi connectivity index (χ1v) is 4.31. The number of hydrogen-bond acceptors (Lipinski definition) is 4. The van der Waals surface area contributed by atoms with Gasteiger partial charge in [0.25, 0.3) is 0 Å². The van der Waals surface area contributed by atoms with Gasteiger partial charge in [-0.1, -0.05) is 0 Å². The van der Waals surface area contributed by atoms with Crippen molar-refractivity contribution in [3.8, 4) is 0 Å². The van der Waals surface area contributed by atoms with E-state index < -0.39 is 17.6 Å². The van der Waals surface area contributed by atoms with Crippen LogP contribution in [-0.4, -0.2) is 25.8 Å². The fourth-order valence-electron chi connectivity index (χ4n) is 1.19. The lowest BCUT2D eigenvalue weighted by Gasteiger charge is -2.07. The summed E-state index contributed by atoms with van der Waals surface area (Å²) in [6.45, 7) is 0. The van der Waals surface area contributed by atoms with Crippen LogP contribution in [0.15, 0.2) is 17.1 Å². The molecule has 6 heteroatoms. The number of hydrogen-bond donors (Lipinski definition) is 1. The number of benzene rings is 1. The molecule has 0 unspecified atom stereocenters. The Morgan fingerprint density at radius 3 is 2.44 bits per heavy atom. The summed E-state index contributed by atoms with van der Waals surface area (Å²) >= 11 is 0. The molecule has 0 saturated heterocycles. The Hall–Kier alpha value is -1.98. The third-order valence-electron chi connectivity index (χ3n) is 1.95. The molecule has 1 aromatic rings. The number of ether oxygens (including phenoxy) is 1. The van der Waals surface area contributed by atoms with Crippen LogP contribution in [0.25, 0.3) is 0 Å². The topological polar surface area (TPSA) is 64.7 Å². The number of esters is 1. The number of nitrogen functional groups attached to an aromatic ring is 1. The van der Waals surface area contributed by atoms with Crippen molar-refractivity contribution in [1.82, 2.24) is 0 Å². The second-order valence-corrected chi connectivity index (χ2v) is 2.92. The van der Waals surface area contributed by atoms with Gasteiger partial charge in [0.1, 0.15) is 0 Å².